The summed E-state index contributed by atoms with van der Waals surface area (Å²) in [6, 6.07) is 7.82. The van der Waals surface area contributed by atoms with Crippen molar-refractivity contribution < 1.29 is 9.59 Å². The van der Waals surface area contributed by atoms with Crippen molar-refractivity contribution in [2.75, 3.05) is 10.6 Å². The topological polar surface area (TPSA) is 88.9 Å². The molecule has 0 spiro atoms. The highest BCUT2D eigenvalue weighted by molar-refractivity contribution is 6.06. The third-order valence-electron chi connectivity index (χ3n) is 6.18. The molecule has 0 aliphatic heterocycles. The van der Waals surface area contributed by atoms with Crippen molar-refractivity contribution in [1.82, 2.24) is 14.5 Å². The second-order valence-corrected chi connectivity index (χ2v) is 8.35. The lowest BCUT2D eigenvalue weighted by atomic mass is 10.1. The van der Waals surface area contributed by atoms with E-state index in [1.54, 1.807) is 18.6 Å². The number of nitrogens with zero attached hydrogens (tertiary/aromatic N) is 3. The Kier molecular flexibility index (Phi) is 4.73. The molecule has 0 bridgehead atoms. The average Bonchev–Trinajstić information content (AvgIpc) is 3.27. The average molecular weight is 403 g/mol. The fourth-order valence-electron chi connectivity index (χ4n) is 4.19. The van der Waals surface area contributed by atoms with Gasteiger partial charge >= 0.3 is 0 Å². The van der Waals surface area contributed by atoms with Gasteiger partial charge in [0.2, 0.25) is 5.91 Å². The standard InChI is InChI=1S/C23H25N5O2/c1-14-18(26-22(29)15-5-2-3-6-15)7-4-8-19(14)27-23(30)16-11-20-21(24-12-16)28(13-25-20)17-9-10-17/h4,7-8,11-13,15,17H,2-3,5-6,9-10H2,1H3,(H,26,29)(H,27,30). The number of hydrogen-bond acceptors (Lipinski definition) is 4. The molecular weight excluding hydrogens is 378 g/mol. The predicted octanol–water partition coefficient (Wildman–Crippen LogP) is 4.46. The van der Waals surface area contributed by atoms with Crippen LogP contribution >= 0.6 is 0 Å². The molecule has 5 rings (SSSR count). The minimum Gasteiger partial charge on any atom is -0.326 e. The first-order chi connectivity index (χ1) is 14.6. The summed E-state index contributed by atoms with van der Waals surface area (Å²) in [4.78, 5) is 34.2. The van der Waals surface area contributed by atoms with Gasteiger partial charge in [0.05, 0.1) is 11.9 Å². The van der Waals surface area contributed by atoms with Gasteiger partial charge in [-0.15, -0.1) is 0 Å². The highest BCUT2D eigenvalue weighted by Crippen LogP contribution is 2.36. The zero-order valence-corrected chi connectivity index (χ0v) is 17.0. The number of amides is 2. The molecule has 7 heteroatoms. The maximum Gasteiger partial charge on any atom is 0.257 e. The predicted molar refractivity (Wildman–Crippen MR) is 116 cm³/mol. The Morgan fingerprint density at radius 2 is 1.77 bits per heavy atom. The number of pyridine rings is 1. The lowest BCUT2D eigenvalue weighted by molar-refractivity contribution is -0.119. The molecule has 0 saturated heterocycles. The van der Waals surface area contributed by atoms with Gasteiger partial charge in [-0.2, -0.15) is 0 Å². The monoisotopic (exact) mass is 403 g/mol. The molecule has 2 fully saturated rings. The van der Waals surface area contributed by atoms with E-state index in [0.29, 0.717) is 17.3 Å². The van der Waals surface area contributed by atoms with Gasteiger partial charge in [-0.3, -0.25) is 9.59 Å². The quantitative estimate of drug-likeness (QED) is 0.658. The fraction of sp³-hybridized carbons (Fsp3) is 0.391. The van der Waals surface area contributed by atoms with Crippen LogP contribution in [0.4, 0.5) is 11.4 Å². The van der Waals surface area contributed by atoms with Crippen LogP contribution in [0.2, 0.25) is 0 Å². The van der Waals surface area contributed by atoms with Crippen LogP contribution in [0.15, 0.2) is 36.8 Å². The van der Waals surface area contributed by atoms with Gasteiger partial charge in [-0.05, 0) is 56.4 Å². The molecule has 0 unspecified atom stereocenters. The van der Waals surface area contributed by atoms with Gasteiger partial charge in [0.25, 0.3) is 5.91 Å². The molecule has 7 nitrogen and oxygen atoms in total. The summed E-state index contributed by atoms with van der Waals surface area (Å²) >= 11 is 0. The zero-order valence-electron chi connectivity index (χ0n) is 17.0. The van der Waals surface area contributed by atoms with Gasteiger partial charge in [0.1, 0.15) is 5.52 Å². The maximum atomic E-state index is 12.8. The third-order valence-corrected chi connectivity index (χ3v) is 6.18. The fourth-order valence-corrected chi connectivity index (χ4v) is 4.19. The number of benzene rings is 1. The number of nitrogens with one attached hydrogen (secondary N) is 2. The first-order valence-corrected chi connectivity index (χ1v) is 10.6. The first-order valence-electron chi connectivity index (χ1n) is 10.6. The van der Waals surface area contributed by atoms with Gasteiger partial charge < -0.3 is 15.2 Å². The summed E-state index contributed by atoms with van der Waals surface area (Å²) < 4.78 is 2.08. The van der Waals surface area contributed by atoms with E-state index in [1.165, 1.54) is 0 Å². The van der Waals surface area contributed by atoms with Crippen molar-refractivity contribution in [3.63, 3.8) is 0 Å². The van der Waals surface area contributed by atoms with Crippen molar-refractivity contribution in [3.05, 3.63) is 47.9 Å². The summed E-state index contributed by atoms with van der Waals surface area (Å²) in [6.07, 6.45) is 9.84. The maximum absolute atomic E-state index is 12.8. The van der Waals surface area contributed by atoms with Crippen LogP contribution in [0, 0.1) is 12.8 Å². The molecule has 30 heavy (non-hydrogen) atoms. The Hall–Kier alpha value is -3.22. The number of imidazole rings is 1. The van der Waals surface area contributed by atoms with E-state index in [0.717, 1.165) is 60.9 Å². The molecule has 0 radical (unpaired) electrons. The van der Waals surface area contributed by atoms with Crippen molar-refractivity contribution in [2.24, 2.45) is 5.92 Å². The highest BCUT2D eigenvalue weighted by atomic mass is 16.2. The van der Waals surface area contributed by atoms with Crippen LogP contribution in [0.3, 0.4) is 0 Å². The zero-order chi connectivity index (χ0) is 20.7. The second kappa shape index (κ2) is 7.55. The summed E-state index contributed by atoms with van der Waals surface area (Å²) in [5, 5.41) is 5.99. The van der Waals surface area contributed by atoms with E-state index in [4.69, 9.17) is 0 Å². The molecule has 2 aromatic heterocycles. The van der Waals surface area contributed by atoms with Crippen molar-refractivity contribution in [2.45, 2.75) is 51.5 Å². The Balaban J connectivity index is 1.33. The summed E-state index contributed by atoms with van der Waals surface area (Å²) in [5.74, 6) is -0.0800. The third kappa shape index (κ3) is 3.56. The van der Waals surface area contributed by atoms with Crippen molar-refractivity contribution in [3.8, 4) is 0 Å². The Bertz CT molecular complexity index is 1130. The number of hydrogen-bond donors (Lipinski definition) is 2. The summed E-state index contributed by atoms with van der Waals surface area (Å²) in [7, 11) is 0. The molecular formula is C23H25N5O2. The molecule has 3 aromatic rings. The normalized spacial score (nSPS) is 16.7. The minimum atomic E-state index is -0.243. The molecule has 2 aliphatic carbocycles. The number of fused-ring (bicyclic) bond motifs is 1. The smallest absolute Gasteiger partial charge is 0.257 e. The van der Waals surface area contributed by atoms with Crippen molar-refractivity contribution in [1.29, 1.82) is 0 Å². The molecule has 2 saturated carbocycles. The molecule has 154 valence electrons. The number of rotatable bonds is 5. The van der Waals surface area contributed by atoms with Gasteiger partial charge in [-0.1, -0.05) is 18.9 Å². The highest BCUT2D eigenvalue weighted by Gasteiger charge is 2.26. The molecule has 2 aliphatic rings. The van der Waals surface area contributed by atoms with Crippen LogP contribution in [-0.2, 0) is 4.79 Å². The van der Waals surface area contributed by atoms with Gasteiger partial charge in [-0.25, -0.2) is 9.97 Å². The SMILES string of the molecule is Cc1c(NC(=O)c2cnc3c(c2)ncn3C2CC2)cccc1NC(=O)C1CCCC1. The van der Waals surface area contributed by atoms with Gasteiger partial charge in [0.15, 0.2) is 5.65 Å². The molecule has 2 heterocycles. The lowest BCUT2D eigenvalue weighted by Gasteiger charge is -2.15. The van der Waals surface area contributed by atoms with Crippen LogP contribution < -0.4 is 10.6 Å². The van der Waals surface area contributed by atoms with Crippen LogP contribution in [0.5, 0.6) is 0 Å². The number of anilines is 2. The van der Waals surface area contributed by atoms with Gasteiger partial charge in [0, 0.05) is 29.5 Å². The van der Waals surface area contributed by atoms with E-state index in [1.807, 2.05) is 25.1 Å². The summed E-state index contributed by atoms with van der Waals surface area (Å²) in [6.45, 7) is 1.90. The van der Waals surface area contributed by atoms with Crippen LogP contribution in [0.1, 0.15) is 60.5 Å². The number of aromatic nitrogens is 3. The Labute approximate surface area is 174 Å². The molecule has 2 amide bonds. The van der Waals surface area contributed by atoms with E-state index in [2.05, 4.69) is 25.2 Å². The molecule has 2 N–H and O–H groups in total. The Morgan fingerprint density at radius 1 is 1.03 bits per heavy atom. The largest absolute Gasteiger partial charge is 0.326 e. The number of carbonyl (C=O) groups is 2. The second-order valence-electron chi connectivity index (χ2n) is 8.35. The van der Waals surface area contributed by atoms with E-state index in [9.17, 15) is 9.59 Å². The molecule has 1 aromatic carbocycles. The summed E-state index contributed by atoms with van der Waals surface area (Å²) in [5.41, 5.74) is 4.26. The van der Waals surface area contributed by atoms with Crippen molar-refractivity contribution >= 4 is 34.4 Å². The Morgan fingerprint density at radius 3 is 2.50 bits per heavy atom. The van der Waals surface area contributed by atoms with Crippen LogP contribution in [0.25, 0.3) is 11.2 Å². The van der Waals surface area contributed by atoms with E-state index in [-0.39, 0.29) is 17.7 Å². The molecule has 0 atom stereocenters. The lowest BCUT2D eigenvalue weighted by Crippen LogP contribution is -2.21. The van der Waals surface area contributed by atoms with Crippen LogP contribution in [-0.4, -0.2) is 26.3 Å². The van der Waals surface area contributed by atoms with E-state index >= 15 is 0 Å². The first kappa shape index (κ1) is 18.8. The number of carbonyl (C=O) groups excluding carboxylic acids is 2. The minimum absolute atomic E-state index is 0.0694. The van der Waals surface area contributed by atoms with E-state index < -0.39 is 0 Å².